The van der Waals surface area contributed by atoms with Crippen molar-refractivity contribution in [2.45, 2.75) is 56.9 Å². The lowest BCUT2D eigenvalue weighted by Gasteiger charge is -2.22. The van der Waals surface area contributed by atoms with Gasteiger partial charge in [-0.25, -0.2) is 13.1 Å². The van der Waals surface area contributed by atoms with Crippen LogP contribution in [-0.4, -0.2) is 32.1 Å². The van der Waals surface area contributed by atoms with Gasteiger partial charge in [0.05, 0.1) is 4.90 Å². The summed E-state index contributed by atoms with van der Waals surface area (Å²) in [6, 6.07) is 4.33. The average molecular weight is 380 g/mol. The molecule has 1 saturated carbocycles. The number of nitrogens with one attached hydrogen (secondary N) is 2. The first-order valence-corrected chi connectivity index (χ1v) is 10.2. The summed E-state index contributed by atoms with van der Waals surface area (Å²) in [6.45, 7) is 2.83. The highest BCUT2D eigenvalue weighted by atomic mass is 32.2. The van der Waals surface area contributed by atoms with E-state index in [1.807, 2.05) is 4.72 Å². The summed E-state index contributed by atoms with van der Waals surface area (Å²) in [5.74, 6) is -1.31. The van der Waals surface area contributed by atoms with Gasteiger partial charge in [-0.3, -0.25) is 14.4 Å². The van der Waals surface area contributed by atoms with E-state index in [-0.39, 0.29) is 22.5 Å². The largest absolute Gasteiger partial charge is 0.344 e. The highest BCUT2D eigenvalue weighted by Gasteiger charge is 2.26. The zero-order valence-corrected chi connectivity index (χ0v) is 15.8. The van der Waals surface area contributed by atoms with Gasteiger partial charge in [-0.05, 0) is 38.8 Å². The normalized spacial score (nSPS) is 16.5. The fourth-order valence-electron chi connectivity index (χ4n) is 2.91. The zero-order valence-electron chi connectivity index (χ0n) is 14.9. The molecule has 2 rings (SSSR count). The highest BCUT2D eigenvalue weighted by Crippen LogP contribution is 2.23. The van der Waals surface area contributed by atoms with Crippen LogP contribution in [0.1, 0.15) is 56.3 Å². The summed E-state index contributed by atoms with van der Waals surface area (Å²) in [5, 5.41) is 2.59. The smallest absolute Gasteiger partial charge is 0.264 e. The summed E-state index contributed by atoms with van der Waals surface area (Å²) in [4.78, 5) is 35.5. The minimum absolute atomic E-state index is 0.116. The zero-order chi connectivity index (χ0) is 19.3. The second-order valence-electron chi connectivity index (χ2n) is 6.62. The molecule has 0 spiro atoms. The second kappa shape index (κ2) is 8.44. The third-order valence-electron chi connectivity index (χ3n) is 4.53. The summed E-state index contributed by atoms with van der Waals surface area (Å²) >= 11 is 0. The molecule has 1 aromatic rings. The van der Waals surface area contributed by atoms with Gasteiger partial charge in [0.15, 0.2) is 5.78 Å². The van der Waals surface area contributed by atoms with Crippen molar-refractivity contribution in [3.05, 3.63) is 29.8 Å². The number of hydrogen-bond acceptors (Lipinski definition) is 5. The topological polar surface area (TPSA) is 109 Å². The fraction of sp³-hybridized carbons (Fsp3) is 0.500. The lowest BCUT2D eigenvalue weighted by molar-refractivity contribution is -0.130. The molecule has 0 aliphatic heterocycles. The number of rotatable bonds is 6. The van der Waals surface area contributed by atoms with Crippen molar-refractivity contribution >= 4 is 27.6 Å². The minimum Gasteiger partial charge on any atom is -0.344 e. The maximum absolute atomic E-state index is 12.3. The summed E-state index contributed by atoms with van der Waals surface area (Å²) < 4.78 is 26.5. The van der Waals surface area contributed by atoms with Gasteiger partial charge in [0.1, 0.15) is 6.04 Å². The van der Waals surface area contributed by atoms with Crippen LogP contribution in [0.15, 0.2) is 29.2 Å². The van der Waals surface area contributed by atoms with Crippen LogP contribution in [0, 0.1) is 5.92 Å². The fourth-order valence-corrected chi connectivity index (χ4v) is 3.96. The van der Waals surface area contributed by atoms with Crippen LogP contribution < -0.4 is 10.0 Å². The lowest BCUT2D eigenvalue weighted by Crippen LogP contribution is -2.48. The number of hydrogen-bond donors (Lipinski definition) is 2. The maximum Gasteiger partial charge on any atom is 0.264 e. The van der Waals surface area contributed by atoms with Gasteiger partial charge in [-0.1, -0.05) is 31.4 Å². The maximum atomic E-state index is 12.3. The minimum atomic E-state index is -4.07. The number of carbonyl (C=O) groups excluding carboxylic acids is 3. The van der Waals surface area contributed by atoms with Crippen molar-refractivity contribution in [3.63, 3.8) is 0 Å². The predicted octanol–water partition coefficient (Wildman–Crippen LogP) is 1.78. The van der Waals surface area contributed by atoms with Crippen molar-refractivity contribution in [3.8, 4) is 0 Å². The number of benzene rings is 1. The molecule has 2 N–H and O–H groups in total. The van der Waals surface area contributed by atoms with Crippen LogP contribution in [0.4, 0.5) is 0 Å². The van der Waals surface area contributed by atoms with E-state index in [0.29, 0.717) is 5.56 Å². The Hall–Kier alpha value is -2.22. The monoisotopic (exact) mass is 380 g/mol. The SMILES string of the molecule is CC(=O)c1ccc(S(=O)(=O)NC(=O)[C@@H](C)NC(=O)C2CCCCC2)cc1. The lowest BCUT2D eigenvalue weighted by atomic mass is 9.88. The van der Waals surface area contributed by atoms with Crippen LogP contribution in [0.3, 0.4) is 0 Å². The molecule has 0 saturated heterocycles. The van der Waals surface area contributed by atoms with Gasteiger partial charge in [0.2, 0.25) is 5.91 Å². The van der Waals surface area contributed by atoms with Crippen molar-refractivity contribution in [1.82, 2.24) is 10.0 Å². The van der Waals surface area contributed by atoms with Crippen LogP contribution >= 0.6 is 0 Å². The van der Waals surface area contributed by atoms with E-state index in [2.05, 4.69) is 5.32 Å². The Labute approximate surface area is 153 Å². The molecule has 0 unspecified atom stereocenters. The first-order valence-electron chi connectivity index (χ1n) is 8.69. The molecule has 7 nitrogen and oxygen atoms in total. The molecule has 142 valence electrons. The Kier molecular flexibility index (Phi) is 6.52. The van der Waals surface area contributed by atoms with Crippen molar-refractivity contribution in [2.75, 3.05) is 0 Å². The quantitative estimate of drug-likeness (QED) is 0.731. The molecule has 1 fully saturated rings. The van der Waals surface area contributed by atoms with Crippen LogP contribution in [0.5, 0.6) is 0 Å². The first kappa shape index (κ1) is 20.1. The van der Waals surface area contributed by atoms with Gasteiger partial charge in [0.25, 0.3) is 15.9 Å². The molecule has 1 aromatic carbocycles. The van der Waals surface area contributed by atoms with Crippen molar-refractivity contribution in [2.24, 2.45) is 5.92 Å². The van der Waals surface area contributed by atoms with Gasteiger partial charge >= 0.3 is 0 Å². The van der Waals surface area contributed by atoms with E-state index in [0.717, 1.165) is 32.1 Å². The Balaban J connectivity index is 1.97. The molecule has 0 radical (unpaired) electrons. The summed E-state index contributed by atoms with van der Waals surface area (Å²) in [6.07, 6.45) is 4.68. The molecule has 0 heterocycles. The molecule has 2 amide bonds. The first-order chi connectivity index (χ1) is 12.2. The van der Waals surface area contributed by atoms with Gasteiger partial charge in [-0.2, -0.15) is 0 Å². The van der Waals surface area contributed by atoms with E-state index in [1.54, 1.807) is 0 Å². The number of ketones is 1. The van der Waals surface area contributed by atoms with Crippen LogP contribution in [0.25, 0.3) is 0 Å². The molecular weight excluding hydrogens is 356 g/mol. The van der Waals surface area contributed by atoms with Crippen LogP contribution in [0.2, 0.25) is 0 Å². The van der Waals surface area contributed by atoms with E-state index >= 15 is 0 Å². The standard InChI is InChI=1S/C18H24N2O5S/c1-12(19-18(23)15-6-4-3-5-7-15)17(22)20-26(24,25)16-10-8-14(9-11-16)13(2)21/h8-12,15H,3-7H2,1-2H3,(H,19,23)(H,20,22)/t12-/m1/s1. The number of carbonyl (C=O) groups is 3. The Morgan fingerprint density at radius 2 is 1.62 bits per heavy atom. The van der Waals surface area contributed by atoms with E-state index in [9.17, 15) is 22.8 Å². The van der Waals surface area contributed by atoms with E-state index in [1.165, 1.54) is 38.1 Å². The van der Waals surface area contributed by atoms with E-state index < -0.39 is 22.0 Å². The average Bonchev–Trinajstić information content (AvgIpc) is 2.62. The second-order valence-corrected chi connectivity index (χ2v) is 8.30. The van der Waals surface area contributed by atoms with Gasteiger partial charge < -0.3 is 5.32 Å². The molecule has 0 bridgehead atoms. The van der Waals surface area contributed by atoms with Gasteiger partial charge in [-0.15, -0.1) is 0 Å². The predicted molar refractivity (Wildman–Crippen MR) is 96.0 cm³/mol. The Morgan fingerprint density at radius 1 is 1.04 bits per heavy atom. The third kappa shape index (κ3) is 5.14. The number of amides is 2. The summed E-state index contributed by atoms with van der Waals surface area (Å²) in [7, 11) is -4.07. The van der Waals surface area contributed by atoms with Gasteiger partial charge in [0, 0.05) is 11.5 Å². The molecule has 1 aliphatic carbocycles. The Morgan fingerprint density at radius 3 is 2.15 bits per heavy atom. The molecule has 0 aromatic heterocycles. The third-order valence-corrected chi connectivity index (χ3v) is 5.90. The molecule has 8 heteroatoms. The van der Waals surface area contributed by atoms with Crippen molar-refractivity contribution in [1.29, 1.82) is 0 Å². The Bertz CT molecular complexity index is 780. The van der Waals surface area contributed by atoms with Crippen molar-refractivity contribution < 1.29 is 22.8 Å². The molecule has 1 atom stereocenters. The summed E-state index contributed by atoms with van der Waals surface area (Å²) in [5.41, 5.74) is 0.378. The van der Waals surface area contributed by atoms with Crippen LogP contribution in [-0.2, 0) is 19.6 Å². The number of sulfonamides is 1. The number of Topliss-reactive ketones (excluding diaryl/α,β-unsaturated/α-hetero) is 1. The molecular formula is C18H24N2O5S. The molecule has 26 heavy (non-hydrogen) atoms. The highest BCUT2D eigenvalue weighted by molar-refractivity contribution is 7.90. The van der Waals surface area contributed by atoms with E-state index in [4.69, 9.17) is 0 Å². The molecule has 1 aliphatic rings.